The van der Waals surface area contributed by atoms with E-state index >= 15 is 0 Å². The third-order valence-corrected chi connectivity index (χ3v) is 6.32. The zero-order valence-corrected chi connectivity index (χ0v) is 22.2. The van der Waals surface area contributed by atoms with Gasteiger partial charge in [0.25, 0.3) is 0 Å². The summed E-state index contributed by atoms with van der Waals surface area (Å²) in [7, 11) is 0. The van der Waals surface area contributed by atoms with Crippen molar-refractivity contribution in [1.82, 2.24) is 15.3 Å². The van der Waals surface area contributed by atoms with Crippen molar-refractivity contribution < 1.29 is 19.1 Å². The third kappa shape index (κ3) is 7.50. The van der Waals surface area contributed by atoms with Crippen LogP contribution in [0.3, 0.4) is 0 Å². The molecule has 4 rings (SSSR count). The first-order valence-corrected chi connectivity index (χ1v) is 12.7. The summed E-state index contributed by atoms with van der Waals surface area (Å²) in [6.07, 6.45) is 4.64. The molecule has 0 aliphatic rings. The minimum atomic E-state index is -1.28. The Hall–Kier alpha value is -3.49. The summed E-state index contributed by atoms with van der Waals surface area (Å²) in [5.41, 5.74) is 2.60. The maximum absolute atomic E-state index is 11.3. The Labute approximate surface area is 216 Å². The molecule has 0 bridgehead atoms. The first kappa shape index (κ1) is 27.1. The van der Waals surface area contributed by atoms with Gasteiger partial charge in [0.1, 0.15) is 5.75 Å². The van der Waals surface area contributed by atoms with Gasteiger partial charge < -0.3 is 19.6 Å². The number of aryl methyl sites for hydroxylation is 3. The van der Waals surface area contributed by atoms with Crippen LogP contribution in [0.2, 0.25) is 0 Å². The molecule has 0 amide bonds. The molecule has 2 aromatic heterocycles. The molecule has 36 heavy (non-hydrogen) atoms. The van der Waals surface area contributed by atoms with Crippen molar-refractivity contribution in [3.63, 3.8) is 0 Å². The normalized spacial score (nSPS) is 11.0. The van der Waals surface area contributed by atoms with Gasteiger partial charge in [-0.3, -0.25) is 0 Å². The second-order valence-electron chi connectivity index (χ2n) is 8.84. The number of oxazole rings is 1. The summed E-state index contributed by atoms with van der Waals surface area (Å²) < 4.78 is 11.6. The molecule has 0 radical (unpaired) electrons. The minimum absolute atomic E-state index is 0.509. The summed E-state index contributed by atoms with van der Waals surface area (Å²) in [4.78, 5) is 19.7. The van der Waals surface area contributed by atoms with Gasteiger partial charge in [0.15, 0.2) is 11.4 Å². The minimum Gasteiger partial charge on any atom is -0.478 e. The molecule has 0 atom stereocenters. The topological polar surface area (TPSA) is 97.5 Å². The summed E-state index contributed by atoms with van der Waals surface area (Å²) in [6, 6.07) is 13.9. The number of benzene rings is 2. The second-order valence-corrected chi connectivity index (χ2v) is 9.82. The van der Waals surface area contributed by atoms with Crippen molar-refractivity contribution >= 4 is 17.3 Å². The molecule has 0 saturated heterocycles. The van der Waals surface area contributed by atoms with E-state index in [2.05, 4.69) is 22.2 Å². The fourth-order valence-electron chi connectivity index (χ4n) is 3.47. The van der Waals surface area contributed by atoms with Crippen LogP contribution < -0.4 is 10.1 Å². The molecule has 190 valence electrons. The highest BCUT2D eigenvalue weighted by atomic mass is 32.1. The maximum atomic E-state index is 11.3. The predicted octanol–water partition coefficient (Wildman–Crippen LogP) is 6.20. The molecule has 0 spiro atoms. The average Bonchev–Trinajstić information content (AvgIpc) is 3.55. The van der Waals surface area contributed by atoms with E-state index in [1.54, 1.807) is 31.4 Å². The highest BCUT2D eigenvalue weighted by Gasteiger charge is 2.30. The number of carbonyl (C=O) groups is 1. The van der Waals surface area contributed by atoms with Crippen molar-refractivity contribution in [3.05, 3.63) is 87.8 Å². The molecule has 2 N–H and O–H groups in total. The first-order chi connectivity index (χ1) is 17.2. The van der Waals surface area contributed by atoms with Gasteiger partial charge in [0, 0.05) is 23.7 Å². The van der Waals surface area contributed by atoms with Crippen LogP contribution >= 0.6 is 11.3 Å². The third-order valence-electron chi connectivity index (χ3n) is 5.40. The number of hydrogen-bond acceptors (Lipinski definition) is 7. The Balaban J connectivity index is 0.000000444. The fourth-order valence-corrected chi connectivity index (χ4v) is 4.04. The average molecular weight is 508 g/mol. The summed E-state index contributed by atoms with van der Waals surface area (Å²) >= 11 is 1.71. The monoisotopic (exact) mass is 507 g/mol. The van der Waals surface area contributed by atoms with E-state index in [0.29, 0.717) is 24.7 Å². The van der Waals surface area contributed by atoms with Crippen LogP contribution in [0.5, 0.6) is 5.75 Å². The number of nitrogens with one attached hydrogen (secondary N) is 1. The van der Waals surface area contributed by atoms with Gasteiger partial charge in [-0.2, -0.15) is 0 Å². The van der Waals surface area contributed by atoms with Crippen LogP contribution in [0.4, 0.5) is 0 Å². The molecule has 0 unspecified atom stereocenters. The molecular formula is C28H33N3O4S. The van der Waals surface area contributed by atoms with Crippen LogP contribution in [-0.2, 0) is 24.3 Å². The lowest BCUT2D eigenvalue weighted by Crippen LogP contribution is -2.38. The second kappa shape index (κ2) is 12.5. The molecule has 0 fully saturated rings. The summed E-state index contributed by atoms with van der Waals surface area (Å²) in [5, 5.41) is 15.8. The Morgan fingerprint density at radius 3 is 2.36 bits per heavy atom. The number of thiazole rings is 1. The van der Waals surface area contributed by atoms with E-state index in [-0.39, 0.29) is 0 Å². The molecule has 7 nitrogen and oxygen atoms in total. The van der Waals surface area contributed by atoms with E-state index in [4.69, 9.17) is 9.15 Å². The molecule has 0 saturated carbocycles. The van der Waals surface area contributed by atoms with Gasteiger partial charge in [-0.25, -0.2) is 14.8 Å². The highest BCUT2D eigenvalue weighted by Crippen LogP contribution is 2.29. The zero-order chi connectivity index (χ0) is 26.1. The number of ether oxygens (including phenoxy) is 1. The Kier molecular flexibility index (Phi) is 9.38. The predicted molar refractivity (Wildman–Crippen MR) is 142 cm³/mol. The zero-order valence-electron chi connectivity index (χ0n) is 21.4. The van der Waals surface area contributed by atoms with Gasteiger partial charge in [-0.05, 0) is 50.8 Å². The number of hydrogen-bond donors (Lipinski definition) is 2. The first-order valence-electron chi connectivity index (χ1n) is 11.8. The van der Waals surface area contributed by atoms with Crippen LogP contribution in [0.15, 0.2) is 64.7 Å². The standard InChI is InChI=1S/C23H26N2O4.C5H7NS/c1-15-10-17(11-16(2)21(15)29-23(3,4)22(26)27)12-24-14-20-25-13-19(28-20)18-8-6-5-7-9-18;1-2-5-6-3-4-7-5/h5-11,13,24H,12,14H2,1-4H3,(H,26,27);3-4H,2H2,1H3. The van der Waals surface area contributed by atoms with E-state index in [9.17, 15) is 9.90 Å². The highest BCUT2D eigenvalue weighted by molar-refractivity contribution is 7.09. The van der Waals surface area contributed by atoms with Crippen molar-refractivity contribution in [1.29, 1.82) is 0 Å². The Morgan fingerprint density at radius 1 is 1.11 bits per heavy atom. The van der Waals surface area contributed by atoms with E-state index in [1.165, 1.54) is 5.01 Å². The molecule has 0 aliphatic carbocycles. The van der Waals surface area contributed by atoms with E-state index in [1.807, 2.05) is 67.9 Å². The van der Waals surface area contributed by atoms with Crippen molar-refractivity contribution in [2.75, 3.05) is 0 Å². The number of aromatic nitrogens is 2. The van der Waals surface area contributed by atoms with E-state index < -0.39 is 11.6 Å². The maximum Gasteiger partial charge on any atom is 0.347 e. The number of aliphatic carboxylic acids is 1. The Morgan fingerprint density at radius 2 is 1.81 bits per heavy atom. The lowest BCUT2D eigenvalue weighted by atomic mass is 10.0. The number of carboxylic acid groups (broad SMARTS) is 1. The molecule has 0 aliphatic heterocycles. The molecule has 2 heterocycles. The largest absolute Gasteiger partial charge is 0.478 e. The molecule has 2 aromatic carbocycles. The SMILES string of the molecule is CCc1nccs1.Cc1cc(CNCc2ncc(-c3ccccc3)o2)cc(C)c1OC(C)(C)C(=O)O. The lowest BCUT2D eigenvalue weighted by molar-refractivity contribution is -0.152. The van der Waals surface area contributed by atoms with Crippen LogP contribution in [0.1, 0.15) is 48.4 Å². The summed E-state index contributed by atoms with van der Waals surface area (Å²) in [5.74, 6) is 0.987. The van der Waals surface area contributed by atoms with E-state index in [0.717, 1.165) is 34.4 Å². The molecular weight excluding hydrogens is 474 g/mol. The van der Waals surface area contributed by atoms with Crippen LogP contribution in [-0.4, -0.2) is 26.6 Å². The van der Waals surface area contributed by atoms with Crippen molar-refractivity contribution in [2.45, 2.75) is 59.7 Å². The number of nitrogens with zero attached hydrogens (tertiary/aromatic N) is 2. The van der Waals surface area contributed by atoms with Crippen molar-refractivity contribution in [2.24, 2.45) is 0 Å². The van der Waals surface area contributed by atoms with Crippen molar-refractivity contribution in [3.8, 4) is 17.1 Å². The van der Waals surface area contributed by atoms with Crippen LogP contribution in [0, 0.1) is 13.8 Å². The van der Waals surface area contributed by atoms with Gasteiger partial charge in [-0.15, -0.1) is 11.3 Å². The summed E-state index contributed by atoms with van der Waals surface area (Å²) in [6.45, 7) is 10.2. The van der Waals surface area contributed by atoms with Gasteiger partial charge >= 0.3 is 5.97 Å². The smallest absolute Gasteiger partial charge is 0.347 e. The van der Waals surface area contributed by atoms with Crippen LogP contribution in [0.25, 0.3) is 11.3 Å². The quantitative estimate of drug-likeness (QED) is 0.278. The number of carboxylic acids is 1. The molecule has 4 aromatic rings. The fraction of sp³-hybridized carbons (Fsp3) is 0.321. The van der Waals surface area contributed by atoms with Gasteiger partial charge in [0.2, 0.25) is 5.89 Å². The number of rotatable bonds is 9. The lowest BCUT2D eigenvalue weighted by Gasteiger charge is -2.24. The molecule has 8 heteroatoms. The van der Waals surface area contributed by atoms with Gasteiger partial charge in [-0.1, -0.05) is 49.4 Å². The van der Waals surface area contributed by atoms with Gasteiger partial charge in [0.05, 0.1) is 17.7 Å². The Bertz CT molecular complexity index is 1230.